The molecule has 0 radical (unpaired) electrons. The van der Waals surface area contributed by atoms with Gasteiger partial charge in [0.2, 0.25) is 0 Å². The molecule has 0 aromatic heterocycles. The van der Waals surface area contributed by atoms with Crippen molar-refractivity contribution in [2.45, 2.75) is 83.6 Å². The van der Waals surface area contributed by atoms with E-state index in [0.717, 1.165) is 5.92 Å². The van der Waals surface area contributed by atoms with Crippen molar-refractivity contribution in [2.24, 2.45) is 5.92 Å². The highest BCUT2D eigenvalue weighted by molar-refractivity contribution is 4.96. The van der Waals surface area contributed by atoms with E-state index in [1.165, 1.54) is 90.4 Å². The first-order chi connectivity index (χ1) is 9.77. The second-order valence-electron chi connectivity index (χ2n) is 7.36. The van der Waals surface area contributed by atoms with Gasteiger partial charge in [0.1, 0.15) is 0 Å². The largest absolute Gasteiger partial charge is 0.315 e. The lowest BCUT2D eigenvalue weighted by Crippen LogP contribution is -2.57. The van der Waals surface area contributed by atoms with Gasteiger partial charge in [-0.1, -0.05) is 46.0 Å². The van der Waals surface area contributed by atoms with E-state index in [1.54, 1.807) is 0 Å². The average Bonchev–Trinajstić information content (AvgIpc) is 2.49. The lowest BCUT2D eigenvalue weighted by Gasteiger charge is -2.48. The van der Waals surface area contributed by atoms with Crippen LogP contribution in [0, 0.1) is 5.92 Å². The molecule has 2 nitrogen and oxygen atoms in total. The fraction of sp³-hybridized carbons (Fsp3) is 1.00. The summed E-state index contributed by atoms with van der Waals surface area (Å²) < 4.78 is 0. The molecule has 0 amide bonds. The minimum atomic E-state index is 0.505. The zero-order valence-electron chi connectivity index (χ0n) is 13.9. The summed E-state index contributed by atoms with van der Waals surface area (Å²) in [6, 6.07) is 0. The molecule has 2 aliphatic rings. The Kier molecular flexibility index (Phi) is 6.83. The lowest BCUT2D eigenvalue weighted by molar-refractivity contribution is 0.0330. The molecule has 1 aliphatic heterocycles. The fourth-order valence-electron chi connectivity index (χ4n) is 4.33. The normalized spacial score (nSPS) is 25.5. The summed E-state index contributed by atoms with van der Waals surface area (Å²) in [6.07, 6.45) is 14.2. The molecular weight excluding hydrogens is 244 g/mol. The molecule has 1 saturated heterocycles. The third-order valence-electron chi connectivity index (χ3n) is 5.54. The molecule has 2 heteroatoms. The Morgan fingerprint density at radius 3 is 2.30 bits per heavy atom. The number of piperidine rings is 1. The van der Waals surface area contributed by atoms with E-state index < -0.39 is 0 Å². The van der Waals surface area contributed by atoms with Crippen LogP contribution in [0.4, 0.5) is 0 Å². The molecule has 118 valence electrons. The Balaban J connectivity index is 1.85. The maximum atomic E-state index is 3.84. The van der Waals surface area contributed by atoms with Crippen LogP contribution in [-0.4, -0.2) is 36.6 Å². The van der Waals surface area contributed by atoms with E-state index in [2.05, 4.69) is 24.1 Å². The Morgan fingerprint density at radius 2 is 1.65 bits per heavy atom. The molecule has 1 aliphatic carbocycles. The maximum Gasteiger partial charge on any atom is 0.0333 e. The second kappa shape index (κ2) is 8.38. The van der Waals surface area contributed by atoms with Gasteiger partial charge in [0, 0.05) is 12.1 Å². The van der Waals surface area contributed by atoms with Gasteiger partial charge in [0.15, 0.2) is 0 Å². The summed E-state index contributed by atoms with van der Waals surface area (Å²) in [5, 5.41) is 3.84. The Morgan fingerprint density at radius 1 is 1.00 bits per heavy atom. The predicted octanol–water partition coefficient (Wildman–Crippen LogP) is 4.20. The van der Waals surface area contributed by atoms with Gasteiger partial charge in [0.25, 0.3) is 0 Å². The molecule has 0 aromatic rings. The van der Waals surface area contributed by atoms with Crippen LogP contribution in [0.15, 0.2) is 0 Å². The van der Waals surface area contributed by atoms with Gasteiger partial charge in [-0.25, -0.2) is 0 Å². The SMILES string of the molecule is CCCC(C)CNCC1(N2CCCCC2)CCCCC1. The first kappa shape index (κ1) is 16.3. The zero-order chi connectivity index (χ0) is 14.3. The maximum absolute atomic E-state index is 3.84. The monoisotopic (exact) mass is 280 g/mol. The van der Waals surface area contributed by atoms with Crippen LogP contribution in [0.5, 0.6) is 0 Å². The van der Waals surface area contributed by atoms with Gasteiger partial charge >= 0.3 is 0 Å². The van der Waals surface area contributed by atoms with Gasteiger partial charge < -0.3 is 5.32 Å². The van der Waals surface area contributed by atoms with Crippen LogP contribution >= 0.6 is 0 Å². The van der Waals surface area contributed by atoms with Crippen molar-refractivity contribution in [3.05, 3.63) is 0 Å². The number of hydrogen-bond acceptors (Lipinski definition) is 2. The number of nitrogens with zero attached hydrogens (tertiary/aromatic N) is 1. The van der Waals surface area contributed by atoms with Crippen LogP contribution in [0.3, 0.4) is 0 Å². The number of nitrogens with one attached hydrogen (secondary N) is 1. The van der Waals surface area contributed by atoms with E-state index in [9.17, 15) is 0 Å². The lowest BCUT2D eigenvalue weighted by atomic mass is 9.79. The van der Waals surface area contributed by atoms with Crippen LogP contribution < -0.4 is 5.32 Å². The average molecular weight is 280 g/mol. The van der Waals surface area contributed by atoms with Gasteiger partial charge in [-0.05, 0) is 57.7 Å². The standard InChI is InChI=1S/C18H36N2/c1-3-10-17(2)15-19-16-18(11-6-4-7-12-18)20-13-8-5-9-14-20/h17,19H,3-16H2,1-2H3. The summed E-state index contributed by atoms with van der Waals surface area (Å²) >= 11 is 0. The van der Waals surface area contributed by atoms with Gasteiger partial charge in [-0.15, -0.1) is 0 Å². The zero-order valence-corrected chi connectivity index (χ0v) is 13.9. The van der Waals surface area contributed by atoms with Crippen molar-refractivity contribution < 1.29 is 0 Å². The fourth-order valence-corrected chi connectivity index (χ4v) is 4.33. The molecule has 0 bridgehead atoms. The van der Waals surface area contributed by atoms with Crippen LogP contribution in [0.2, 0.25) is 0 Å². The van der Waals surface area contributed by atoms with Crippen molar-refractivity contribution in [3.63, 3.8) is 0 Å². The summed E-state index contributed by atoms with van der Waals surface area (Å²) in [5.41, 5.74) is 0.505. The van der Waals surface area contributed by atoms with Crippen LogP contribution in [0.1, 0.15) is 78.1 Å². The molecular formula is C18H36N2. The molecule has 1 heterocycles. The van der Waals surface area contributed by atoms with E-state index in [-0.39, 0.29) is 0 Å². The predicted molar refractivity (Wildman–Crippen MR) is 88.2 cm³/mol. The highest BCUT2D eigenvalue weighted by Crippen LogP contribution is 2.35. The highest BCUT2D eigenvalue weighted by atomic mass is 15.2. The minimum absolute atomic E-state index is 0.505. The first-order valence-corrected chi connectivity index (χ1v) is 9.22. The molecule has 0 aromatic carbocycles. The van der Waals surface area contributed by atoms with Crippen LogP contribution in [-0.2, 0) is 0 Å². The smallest absolute Gasteiger partial charge is 0.0333 e. The van der Waals surface area contributed by atoms with Crippen molar-refractivity contribution in [2.75, 3.05) is 26.2 Å². The Labute approximate surface area is 126 Å². The number of rotatable bonds is 7. The molecule has 0 spiro atoms. The Bertz CT molecular complexity index is 252. The third-order valence-corrected chi connectivity index (χ3v) is 5.54. The summed E-state index contributed by atoms with van der Waals surface area (Å²) in [5.74, 6) is 0.835. The van der Waals surface area contributed by atoms with E-state index >= 15 is 0 Å². The quantitative estimate of drug-likeness (QED) is 0.752. The van der Waals surface area contributed by atoms with Crippen molar-refractivity contribution in [1.82, 2.24) is 10.2 Å². The molecule has 20 heavy (non-hydrogen) atoms. The Hall–Kier alpha value is -0.0800. The van der Waals surface area contributed by atoms with E-state index in [4.69, 9.17) is 0 Å². The molecule has 1 N–H and O–H groups in total. The van der Waals surface area contributed by atoms with Gasteiger partial charge in [-0.2, -0.15) is 0 Å². The van der Waals surface area contributed by atoms with Gasteiger partial charge in [-0.3, -0.25) is 4.90 Å². The molecule has 2 fully saturated rings. The van der Waals surface area contributed by atoms with Crippen molar-refractivity contribution in [3.8, 4) is 0 Å². The van der Waals surface area contributed by atoms with E-state index in [1.807, 2.05) is 0 Å². The summed E-state index contributed by atoms with van der Waals surface area (Å²) in [7, 11) is 0. The highest BCUT2D eigenvalue weighted by Gasteiger charge is 2.37. The second-order valence-corrected chi connectivity index (χ2v) is 7.36. The van der Waals surface area contributed by atoms with Crippen LogP contribution in [0.25, 0.3) is 0 Å². The van der Waals surface area contributed by atoms with Crippen molar-refractivity contribution >= 4 is 0 Å². The van der Waals surface area contributed by atoms with Gasteiger partial charge in [0.05, 0.1) is 0 Å². The molecule has 1 atom stereocenters. The molecule has 2 rings (SSSR count). The topological polar surface area (TPSA) is 15.3 Å². The number of hydrogen-bond donors (Lipinski definition) is 1. The summed E-state index contributed by atoms with van der Waals surface area (Å²) in [6.45, 7) is 9.85. The third kappa shape index (κ3) is 4.46. The van der Waals surface area contributed by atoms with Crippen molar-refractivity contribution in [1.29, 1.82) is 0 Å². The minimum Gasteiger partial charge on any atom is -0.315 e. The van der Waals surface area contributed by atoms with E-state index in [0.29, 0.717) is 5.54 Å². The molecule has 1 unspecified atom stereocenters. The molecule has 1 saturated carbocycles. The summed E-state index contributed by atoms with van der Waals surface area (Å²) in [4.78, 5) is 2.85. The number of likely N-dealkylation sites (tertiary alicyclic amines) is 1. The first-order valence-electron chi connectivity index (χ1n) is 9.22.